The predicted molar refractivity (Wildman–Crippen MR) is 65.2 cm³/mol. The fourth-order valence-corrected chi connectivity index (χ4v) is 1.98. The minimum Gasteiger partial charge on any atom is -0.496 e. The van der Waals surface area contributed by atoms with Crippen LogP contribution in [0.15, 0.2) is 18.2 Å². The number of rotatable bonds is 5. The Morgan fingerprint density at radius 2 is 2.06 bits per heavy atom. The van der Waals surface area contributed by atoms with E-state index in [0.29, 0.717) is 0 Å². The Morgan fingerprint density at radius 3 is 2.56 bits per heavy atom. The number of hydrogen-bond donors (Lipinski definition) is 0. The molecule has 1 atom stereocenters. The maximum Gasteiger partial charge on any atom is 0.126 e. The summed E-state index contributed by atoms with van der Waals surface area (Å²) in [6.45, 7) is 7.17. The van der Waals surface area contributed by atoms with Gasteiger partial charge in [0.05, 0.1) is 13.7 Å². The van der Waals surface area contributed by atoms with Gasteiger partial charge < -0.3 is 14.4 Å². The highest BCUT2D eigenvalue weighted by Gasteiger charge is 2.28. The monoisotopic (exact) mass is 221 g/mol. The summed E-state index contributed by atoms with van der Waals surface area (Å²) in [5.74, 6) is 0.937. The van der Waals surface area contributed by atoms with Gasteiger partial charge >= 0.3 is 0 Å². The number of hydrogen-bond acceptors (Lipinski definition) is 3. The van der Waals surface area contributed by atoms with E-state index in [2.05, 4.69) is 36.9 Å². The van der Waals surface area contributed by atoms with Crippen molar-refractivity contribution >= 4 is 5.69 Å². The van der Waals surface area contributed by atoms with Crippen LogP contribution in [-0.4, -0.2) is 26.8 Å². The summed E-state index contributed by atoms with van der Waals surface area (Å²) in [4.78, 5) is 2.31. The standard InChI is InChI=1S/C13H19NO2/c1-4-14(5-2)10-6-7-11(13-9-16-13)12(8-10)15-3/h6-8,13H,4-5,9H2,1-3H3/t13-/m0/s1. The van der Waals surface area contributed by atoms with E-state index in [-0.39, 0.29) is 6.10 Å². The summed E-state index contributed by atoms with van der Waals surface area (Å²) in [6.07, 6.45) is 0.251. The van der Waals surface area contributed by atoms with Crippen molar-refractivity contribution in [3.05, 3.63) is 23.8 Å². The van der Waals surface area contributed by atoms with E-state index in [4.69, 9.17) is 9.47 Å². The van der Waals surface area contributed by atoms with E-state index in [1.807, 2.05) is 0 Å². The summed E-state index contributed by atoms with van der Waals surface area (Å²) in [6, 6.07) is 6.36. The smallest absolute Gasteiger partial charge is 0.126 e. The molecule has 0 amide bonds. The minimum atomic E-state index is 0.251. The number of benzene rings is 1. The fourth-order valence-electron chi connectivity index (χ4n) is 1.98. The van der Waals surface area contributed by atoms with Crippen LogP contribution >= 0.6 is 0 Å². The van der Waals surface area contributed by atoms with Crippen LogP contribution in [0.2, 0.25) is 0 Å². The van der Waals surface area contributed by atoms with Gasteiger partial charge in [-0.05, 0) is 19.9 Å². The molecule has 2 rings (SSSR count). The summed E-state index contributed by atoms with van der Waals surface area (Å²) in [5.41, 5.74) is 2.38. The molecule has 0 aromatic heterocycles. The Labute approximate surface area is 97.0 Å². The Kier molecular flexibility index (Phi) is 3.34. The molecule has 0 bridgehead atoms. The van der Waals surface area contributed by atoms with Crippen LogP contribution in [0.3, 0.4) is 0 Å². The summed E-state index contributed by atoms with van der Waals surface area (Å²) < 4.78 is 10.7. The molecule has 0 unspecified atom stereocenters. The highest BCUT2D eigenvalue weighted by molar-refractivity contribution is 5.54. The molecular weight excluding hydrogens is 202 g/mol. The Bertz CT molecular complexity index is 357. The van der Waals surface area contributed by atoms with Gasteiger partial charge in [0.2, 0.25) is 0 Å². The number of ether oxygens (including phenoxy) is 2. The van der Waals surface area contributed by atoms with E-state index in [9.17, 15) is 0 Å². The van der Waals surface area contributed by atoms with E-state index in [1.165, 1.54) is 11.3 Å². The van der Waals surface area contributed by atoms with Crippen LogP contribution in [0, 0.1) is 0 Å². The fraction of sp³-hybridized carbons (Fsp3) is 0.538. The molecule has 1 fully saturated rings. The van der Waals surface area contributed by atoms with Crippen molar-refractivity contribution in [1.82, 2.24) is 0 Å². The molecule has 3 heteroatoms. The summed E-state index contributed by atoms with van der Waals surface area (Å²) in [7, 11) is 1.72. The third-order valence-electron chi connectivity index (χ3n) is 3.03. The molecule has 1 aromatic carbocycles. The zero-order chi connectivity index (χ0) is 11.5. The summed E-state index contributed by atoms with van der Waals surface area (Å²) in [5, 5.41) is 0. The quantitative estimate of drug-likeness (QED) is 0.714. The van der Waals surface area contributed by atoms with Gasteiger partial charge in [0.1, 0.15) is 11.9 Å². The maximum absolute atomic E-state index is 5.42. The first kappa shape index (κ1) is 11.3. The van der Waals surface area contributed by atoms with Crippen molar-refractivity contribution < 1.29 is 9.47 Å². The maximum atomic E-state index is 5.42. The van der Waals surface area contributed by atoms with Crippen LogP contribution in [0.1, 0.15) is 25.5 Å². The van der Waals surface area contributed by atoms with Crippen LogP contribution in [0.4, 0.5) is 5.69 Å². The molecule has 1 saturated heterocycles. The van der Waals surface area contributed by atoms with Crippen LogP contribution in [-0.2, 0) is 4.74 Å². The van der Waals surface area contributed by atoms with Gasteiger partial charge in [0.25, 0.3) is 0 Å². The lowest BCUT2D eigenvalue weighted by atomic mass is 10.1. The number of methoxy groups -OCH3 is 1. The van der Waals surface area contributed by atoms with Gasteiger partial charge in [-0.1, -0.05) is 6.07 Å². The van der Waals surface area contributed by atoms with Gasteiger partial charge in [0.15, 0.2) is 0 Å². The molecule has 1 aromatic rings. The molecule has 0 aliphatic carbocycles. The highest BCUT2D eigenvalue weighted by Crippen LogP contribution is 2.38. The lowest BCUT2D eigenvalue weighted by Crippen LogP contribution is -2.21. The Morgan fingerprint density at radius 1 is 1.38 bits per heavy atom. The molecule has 16 heavy (non-hydrogen) atoms. The number of nitrogens with zero attached hydrogens (tertiary/aromatic N) is 1. The molecule has 88 valence electrons. The third-order valence-corrected chi connectivity index (χ3v) is 3.03. The van der Waals surface area contributed by atoms with Gasteiger partial charge in [-0.3, -0.25) is 0 Å². The second-order valence-corrected chi connectivity index (χ2v) is 3.92. The molecule has 0 spiro atoms. The molecule has 0 N–H and O–H groups in total. The molecule has 0 saturated carbocycles. The van der Waals surface area contributed by atoms with Gasteiger partial charge in [-0.2, -0.15) is 0 Å². The topological polar surface area (TPSA) is 25.0 Å². The highest BCUT2D eigenvalue weighted by atomic mass is 16.6. The SMILES string of the molecule is CCN(CC)c1ccc([C@@H]2CO2)c(OC)c1. The second kappa shape index (κ2) is 4.74. The van der Waals surface area contributed by atoms with E-state index in [1.54, 1.807) is 7.11 Å². The van der Waals surface area contributed by atoms with Crippen molar-refractivity contribution in [2.24, 2.45) is 0 Å². The van der Waals surface area contributed by atoms with E-state index in [0.717, 1.165) is 25.4 Å². The van der Waals surface area contributed by atoms with Crippen molar-refractivity contribution in [3.63, 3.8) is 0 Å². The van der Waals surface area contributed by atoms with E-state index >= 15 is 0 Å². The van der Waals surface area contributed by atoms with Crippen LogP contribution < -0.4 is 9.64 Å². The first-order valence-electron chi connectivity index (χ1n) is 5.84. The first-order valence-corrected chi connectivity index (χ1v) is 5.84. The zero-order valence-electron chi connectivity index (χ0n) is 10.2. The average Bonchev–Trinajstić information content (AvgIpc) is 3.14. The van der Waals surface area contributed by atoms with Gasteiger partial charge in [-0.25, -0.2) is 0 Å². The van der Waals surface area contributed by atoms with Gasteiger partial charge in [0, 0.05) is 30.4 Å². The third kappa shape index (κ3) is 2.14. The first-order chi connectivity index (χ1) is 7.80. The largest absolute Gasteiger partial charge is 0.496 e. The number of anilines is 1. The lowest BCUT2D eigenvalue weighted by molar-refractivity contribution is 0.383. The van der Waals surface area contributed by atoms with Crippen molar-refractivity contribution in [2.45, 2.75) is 20.0 Å². The predicted octanol–water partition coefficient (Wildman–Crippen LogP) is 2.61. The van der Waals surface area contributed by atoms with Crippen molar-refractivity contribution in [3.8, 4) is 5.75 Å². The zero-order valence-corrected chi connectivity index (χ0v) is 10.2. The molecular formula is C13H19NO2. The Hall–Kier alpha value is -1.22. The second-order valence-electron chi connectivity index (χ2n) is 3.92. The van der Waals surface area contributed by atoms with Crippen molar-refractivity contribution in [1.29, 1.82) is 0 Å². The molecule has 1 aliphatic rings. The Balaban J connectivity index is 2.28. The molecule has 0 radical (unpaired) electrons. The number of epoxide rings is 1. The molecule has 1 heterocycles. The van der Waals surface area contributed by atoms with Gasteiger partial charge in [-0.15, -0.1) is 0 Å². The van der Waals surface area contributed by atoms with Crippen LogP contribution in [0.25, 0.3) is 0 Å². The minimum absolute atomic E-state index is 0.251. The normalized spacial score (nSPS) is 18.3. The molecule has 3 nitrogen and oxygen atoms in total. The lowest BCUT2D eigenvalue weighted by Gasteiger charge is -2.22. The average molecular weight is 221 g/mol. The van der Waals surface area contributed by atoms with Crippen molar-refractivity contribution in [2.75, 3.05) is 31.7 Å². The summed E-state index contributed by atoms with van der Waals surface area (Å²) >= 11 is 0. The molecule has 1 aliphatic heterocycles. The van der Waals surface area contributed by atoms with E-state index < -0.39 is 0 Å². The van der Waals surface area contributed by atoms with Crippen LogP contribution in [0.5, 0.6) is 5.75 Å².